The molecule has 1 fully saturated rings. The van der Waals surface area contributed by atoms with Gasteiger partial charge in [0.2, 0.25) is 0 Å². The van der Waals surface area contributed by atoms with E-state index in [2.05, 4.69) is 27.8 Å². The molecule has 1 aliphatic rings. The number of hydrogen-bond donors (Lipinski definition) is 1. The third kappa shape index (κ3) is 4.19. The van der Waals surface area contributed by atoms with Crippen LogP contribution in [0, 0.1) is 0 Å². The number of likely N-dealkylation sites (N-methyl/N-ethyl adjacent to an activating group) is 1. The van der Waals surface area contributed by atoms with E-state index in [1.54, 1.807) is 0 Å². The molecule has 2 rings (SSSR count). The van der Waals surface area contributed by atoms with Crippen molar-refractivity contribution in [2.24, 2.45) is 5.73 Å². The van der Waals surface area contributed by atoms with Crippen LogP contribution in [-0.4, -0.2) is 43.9 Å². The molecule has 20 heavy (non-hydrogen) atoms. The fourth-order valence-electron chi connectivity index (χ4n) is 2.36. The van der Waals surface area contributed by atoms with Crippen LogP contribution in [0.2, 0.25) is 0 Å². The average molecular weight is 343 g/mol. The highest BCUT2D eigenvalue weighted by molar-refractivity contribution is 9.10. The van der Waals surface area contributed by atoms with Gasteiger partial charge < -0.3 is 15.2 Å². The summed E-state index contributed by atoms with van der Waals surface area (Å²) in [4.78, 5) is 2.38. The zero-order valence-corrected chi connectivity index (χ0v) is 13.7. The average Bonchev–Trinajstić information content (AvgIpc) is 2.45. The molecule has 0 aliphatic carbocycles. The monoisotopic (exact) mass is 342 g/mol. The van der Waals surface area contributed by atoms with Gasteiger partial charge in [0, 0.05) is 29.2 Å². The maximum Gasteiger partial charge on any atom is 0.125 e. The van der Waals surface area contributed by atoms with Crippen molar-refractivity contribution in [3.8, 4) is 5.75 Å². The second-order valence-electron chi connectivity index (χ2n) is 5.17. The Morgan fingerprint density at radius 1 is 1.55 bits per heavy atom. The van der Waals surface area contributed by atoms with E-state index < -0.39 is 0 Å². The first-order valence-electron chi connectivity index (χ1n) is 7.12. The van der Waals surface area contributed by atoms with Gasteiger partial charge in [-0.05, 0) is 25.6 Å². The SMILES string of the molecule is CCN1CCOC(COc2cc(Br)ccc2[C@@H](C)N)C1. The second-order valence-corrected chi connectivity index (χ2v) is 6.08. The van der Waals surface area contributed by atoms with Crippen LogP contribution in [0.15, 0.2) is 22.7 Å². The zero-order valence-electron chi connectivity index (χ0n) is 12.1. The molecular formula is C15H23BrN2O2. The zero-order chi connectivity index (χ0) is 14.5. The molecule has 1 aromatic carbocycles. The smallest absolute Gasteiger partial charge is 0.125 e. The van der Waals surface area contributed by atoms with E-state index in [-0.39, 0.29) is 12.1 Å². The number of benzene rings is 1. The molecule has 5 heteroatoms. The molecule has 0 saturated carbocycles. The highest BCUT2D eigenvalue weighted by atomic mass is 79.9. The molecule has 2 atom stereocenters. The van der Waals surface area contributed by atoms with Crippen molar-refractivity contribution in [2.45, 2.75) is 26.0 Å². The van der Waals surface area contributed by atoms with E-state index >= 15 is 0 Å². The molecular weight excluding hydrogens is 320 g/mol. The number of hydrogen-bond acceptors (Lipinski definition) is 4. The summed E-state index contributed by atoms with van der Waals surface area (Å²) < 4.78 is 12.7. The fraction of sp³-hybridized carbons (Fsp3) is 0.600. The Kier molecular flexibility index (Phi) is 5.84. The van der Waals surface area contributed by atoms with Crippen LogP contribution in [0.25, 0.3) is 0 Å². The Morgan fingerprint density at radius 3 is 3.05 bits per heavy atom. The lowest BCUT2D eigenvalue weighted by molar-refractivity contribution is -0.0465. The lowest BCUT2D eigenvalue weighted by Crippen LogP contribution is -2.44. The predicted molar refractivity (Wildman–Crippen MR) is 84.1 cm³/mol. The molecule has 1 aliphatic heterocycles. The molecule has 0 bridgehead atoms. The minimum Gasteiger partial charge on any atom is -0.490 e. The highest BCUT2D eigenvalue weighted by Gasteiger charge is 2.20. The number of nitrogens with two attached hydrogens (primary N) is 1. The Bertz CT molecular complexity index is 440. The van der Waals surface area contributed by atoms with Gasteiger partial charge in [-0.25, -0.2) is 0 Å². The molecule has 0 amide bonds. The van der Waals surface area contributed by atoms with Crippen molar-refractivity contribution in [1.29, 1.82) is 0 Å². The van der Waals surface area contributed by atoms with Gasteiger partial charge in [-0.2, -0.15) is 0 Å². The first-order valence-corrected chi connectivity index (χ1v) is 7.91. The maximum atomic E-state index is 5.98. The van der Waals surface area contributed by atoms with Gasteiger partial charge in [-0.3, -0.25) is 4.90 Å². The van der Waals surface area contributed by atoms with Gasteiger partial charge >= 0.3 is 0 Å². The lowest BCUT2D eigenvalue weighted by Gasteiger charge is -2.32. The lowest BCUT2D eigenvalue weighted by atomic mass is 10.1. The minimum atomic E-state index is -0.0440. The molecule has 0 aromatic heterocycles. The summed E-state index contributed by atoms with van der Waals surface area (Å²) in [5.74, 6) is 0.839. The van der Waals surface area contributed by atoms with Crippen molar-refractivity contribution >= 4 is 15.9 Å². The van der Waals surface area contributed by atoms with Gasteiger partial charge in [-0.15, -0.1) is 0 Å². The van der Waals surface area contributed by atoms with Crippen LogP contribution < -0.4 is 10.5 Å². The molecule has 2 N–H and O–H groups in total. The van der Waals surface area contributed by atoms with Crippen LogP contribution in [0.1, 0.15) is 25.5 Å². The second kappa shape index (κ2) is 7.41. The third-order valence-corrected chi connectivity index (χ3v) is 4.05. The van der Waals surface area contributed by atoms with Crippen molar-refractivity contribution < 1.29 is 9.47 Å². The Morgan fingerprint density at radius 2 is 2.35 bits per heavy atom. The molecule has 1 heterocycles. The van der Waals surface area contributed by atoms with E-state index in [0.717, 1.165) is 42.0 Å². The first kappa shape index (κ1) is 15.8. The van der Waals surface area contributed by atoms with E-state index in [1.165, 1.54) is 0 Å². The fourth-order valence-corrected chi connectivity index (χ4v) is 2.70. The van der Waals surface area contributed by atoms with E-state index in [1.807, 2.05) is 25.1 Å². The van der Waals surface area contributed by atoms with Gasteiger partial charge in [0.1, 0.15) is 18.5 Å². The molecule has 1 saturated heterocycles. The van der Waals surface area contributed by atoms with Crippen molar-refractivity contribution in [1.82, 2.24) is 4.90 Å². The van der Waals surface area contributed by atoms with Crippen LogP contribution >= 0.6 is 15.9 Å². The highest BCUT2D eigenvalue weighted by Crippen LogP contribution is 2.28. The predicted octanol–water partition coefficient (Wildman–Crippen LogP) is 2.57. The van der Waals surface area contributed by atoms with Crippen LogP contribution in [0.4, 0.5) is 0 Å². The Balaban J connectivity index is 1.98. The minimum absolute atomic E-state index is 0.0440. The normalized spacial score (nSPS) is 21.7. The quantitative estimate of drug-likeness (QED) is 0.893. The summed E-state index contributed by atoms with van der Waals surface area (Å²) in [5, 5.41) is 0. The number of morpholine rings is 1. The van der Waals surface area contributed by atoms with Crippen LogP contribution in [0.3, 0.4) is 0 Å². The van der Waals surface area contributed by atoms with Gasteiger partial charge in [0.15, 0.2) is 0 Å². The third-order valence-electron chi connectivity index (χ3n) is 3.56. The molecule has 1 unspecified atom stereocenters. The van der Waals surface area contributed by atoms with E-state index in [4.69, 9.17) is 15.2 Å². The summed E-state index contributed by atoms with van der Waals surface area (Å²) in [7, 11) is 0. The first-order chi connectivity index (χ1) is 9.60. The van der Waals surface area contributed by atoms with Crippen molar-refractivity contribution in [3.63, 3.8) is 0 Å². The van der Waals surface area contributed by atoms with Crippen molar-refractivity contribution in [3.05, 3.63) is 28.2 Å². The molecule has 0 spiro atoms. The molecule has 112 valence electrons. The summed E-state index contributed by atoms with van der Waals surface area (Å²) in [6.45, 7) is 8.47. The molecule has 4 nitrogen and oxygen atoms in total. The summed E-state index contributed by atoms with van der Waals surface area (Å²) >= 11 is 3.47. The Hall–Kier alpha value is -0.620. The molecule has 0 radical (unpaired) electrons. The topological polar surface area (TPSA) is 47.7 Å². The standard InChI is InChI=1S/C15H23BrN2O2/c1-3-18-6-7-19-13(9-18)10-20-15-8-12(16)4-5-14(15)11(2)17/h4-5,8,11,13H,3,6-7,9-10,17H2,1-2H3/t11-,13?/m1/s1. The maximum absolute atomic E-state index is 5.98. The Labute approximate surface area is 129 Å². The summed E-state index contributed by atoms with van der Waals surface area (Å²) in [6, 6.07) is 5.92. The van der Waals surface area contributed by atoms with Crippen LogP contribution in [0.5, 0.6) is 5.75 Å². The van der Waals surface area contributed by atoms with E-state index in [0.29, 0.717) is 6.61 Å². The number of halogens is 1. The van der Waals surface area contributed by atoms with Gasteiger partial charge in [-0.1, -0.05) is 28.9 Å². The van der Waals surface area contributed by atoms with Crippen molar-refractivity contribution in [2.75, 3.05) is 32.8 Å². The summed E-state index contributed by atoms with van der Waals surface area (Å²) in [5.41, 5.74) is 7.01. The largest absolute Gasteiger partial charge is 0.490 e. The number of ether oxygens (including phenoxy) is 2. The molecule has 1 aromatic rings. The summed E-state index contributed by atoms with van der Waals surface area (Å²) in [6.07, 6.45) is 0.128. The number of rotatable bonds is 5. The van der Waals surface area contributed by atoms with Gasteiger partial charge in [0.05, 0.1) is 6.61 Å². The van der Waals surface area contributed by atoms with Crippen LogP contribution in [-0.2, 0) is 4.74 Å². The van der Waals surface area contributed by atoms with Gasteiger partial charge in [0.25, 0.3) is 0 Å². The van der Waals surface area contributed by atoms with E-state index in [9.17, 15) is 0 Å². The number of nitrogens with zero attached hydrogens (tertiary/aromatic N) is 1.